The van der Waals surface area contributed by atoms with E-state index in [2.05, 4.69) is 0 Å². The Balaban J connectivity index is 1.63. The van der Waals surface area contributed by atoms with Crippen molar-refractivity contribution >= 4 is 16.9 Å². The van der Waals surface area contributed by atoms with Crippen LogP contribution in [0.15, 0.2) is 102 Å². The van der Waals surface area contributed by atoms with E-state index in [1.165, 1.54) is 0 Å². The smallest absolute Gasteiger partial charge is 0.336 e. The van der Waals surface area contributed by atoms with Gasteiger partial charge in [-0.15, -0.1) is 0 Å². The SMILES string of the molecule is COc1ccc2c(O)c(-c3ccccc3)c(=O)n(Cc3ccc(-c4ccccc4C(=O)O)cc3)c2c1. The first-order valence-corrected chi connectivity index (χ1v) is 11.4. The standard InChI is InChI=1S/C30H23NO5/c1-36-22-15-16-25-26(17-22)31(29(33)27(28(25)32)21-7-3-2-4-8-21)18-19-11-13-20(14-12-19)23-9-5-6-10-24(23)30(34)35/h2-17,32H,18H2,1H3,(H,34,35). The molecule has 0 amide bonds. The van der Waals surface area contributed by atoms with Crippen LogP contribution >= 0.6 is 0 Å². The van der Waals surface area contributed by atoms with Crippen molar-refractivity contribution in [1.29, 1.82) is 0 Å². The average Bonchev–Trinajstić information content (AvgIpc) is 2.91. The Morgan fingerprint density at radius 1 is 0.861 bits per heavy atom. The second kappa shape index (κ2) is 9.43. The number of carboxylic acid groups (broad SMARTS) is 1. The van der Waals surface area contributed by atoms with Crippen molar-refractivity contribution in [2.45, 2.75) is 6.54 Å². The first-order chi connectivity index (χ1) is 17.5. The van der Waals surface area contributed by atoms with Crippen LogP contribution in [0.2, 0.25) is 0 Å². The number of nitrogens with zero attached hydrogens (tertiary/aromatic N) is 1. The quantitative estimate of drug-likeness (QED) is 0.323. The van der Waals surface area contributed by atoms with Gasteiger partial charge in [0.2, 0.25) is 0 Å². The van der Waals surface area contributed by atoms with Crippen LogP contribution in [0, 0.1) is 0 Å². The molecule has 0 saturated heterocycles. The molecule has 5 rings (SSSR count). The minimum absolute atomic E-state index is 0.0688. The molecule has 4 aromatic carbocycles. The largest absolute Gasteiger partial charge is 0.506 e. The van der Waals surface area contributed by atoms with Gasteiger partial charge in [0.15, 0.2) is 0 Å². The number of rotatable bonds is 6. The summed E-state index contributed by atoms with van der Waals surface area (Å²) in [7, 11) is 1.55. The fourth-order valence-corrected chi connectivity index (χ4v) is 4.46. The number of carbonyl (C=O) groups is 1. The normalized spacial score (nSPS) is 10.9. The van der Waals surface area contributed by atoms with E-state index in [0.717, 1.165) is 11.1 Å². The summed E-state index contributed by atoms with van der Waals surface area (Å²) in [5.74, 6) is -0.483. The molecule has 0 aliphatic carbocycles. The Hall–Kier alpha value is -4.84. The van der Waals surface area contributed by atoms with E-state index < -0.39 is 5.97 Å². The van der Waals surface area contributed by atoms with Crippen LogP contribution in [0.3, 0.4) is 0 Å². The lowest BCUT2D eigenvalue weighted by molar-refractivity contribution is 0.0697. The fraction of sp³-hybridized carbons (Fsp3) is 0.0667. The Labute approximate surface area is 207 Å². The molecule has 1 aromatic heterocycles. The molecule has 0 saturated carbocycles. The van der Waals surface area contributed by atoms with Gasteiger partial charge in [0.25, 0.3) is 5.56 Å². The third kappa shape index (κ3) is 4.09. The summed E-state index contributed by atoms with van der Waals surface area (Å²) in [6.45, 7) is 0.253. The summed E-state index contributed by atoms with van der Waals surface area (Å²) in [5.41, 5.74) is 3.57. The molecule has 0 unspecified atom stereocenters. The lowest BCUT2D eigenvalue weighted by Gasteiger charge is -2.16. The van der Waals surface area contributed by atoms with Crippen LogP contribution in [-0.2, 0) is 6.54 Å². The lowest BCUT2D eigenvalue weighted by atomic mass is 9.98. The van der Waals surface area contributed by atoms with E-state index >= 15 is 0 Å². The molecule has 1 heterocycles. The van der Waals surface area contributed by atoms with Gasteiger partial charge in [-0.05, 0) is 40.5 Å². The maximum Gasteiger partial charge on any atom is 0.336 e. The molecule has 0 bridgehead atoms. The summed E-state index contributed by atoms with van der Waals surface area (Å²) >= 11 is 0. The molecule has 0 spiro atoms. The monoisotopic (exact) mass is 477 g/mol. The van der Waals surface area contributed by atoms with Gasteiger partial charge in [-0.2, -0.15) is 0 Å². The number of benzene rings is 4. The average molecular weight is 478 g/mol. The third-order valence-corrected chi connectivity index (χ3v) is 6.27. The first-order valence-electron chi connectivity index (χ1n) is 11.4. The van der Waals surface area contributed by atoms with Crippen LogP contribution < -0.4 is 10.3 Å². The highest BCUT2D eigenvalue weighted by molar-refractivity contribution is 5.96. The Morgan fingerprint density at radius 2 is 1.56 bits per heavy atom. The van der Waals surface area contributed by atoms with Crippen LogP contribution in [0.4, 0.5) is 0 Å². The number of pyridine rings is 1. The highest BCUT2D eigenvalue weighted by Crippen LogP contribution is 2.35. The Kier molecular flexibility index (Phi) is 6.00. The second-order valence-corrected chi connectivity index (χ2v) is 8.41. The highest BCUT2D eigenvalue weighted by atomic mass is 16.5. The third-order valence-electron chi connectivity index (χ3n) is 6.27. The number of aromatic carboxylic acids is 1. The molecular formula is C30H23NO5. The van der Waals surface area contributed by atoms with Gasteiger partial charge in [0.05, 0.1) is 30.3 Å². The van der Waals surface area contributed by atoms with E-state index in [-0.39, 0.29) is 29.0 Å². The van der Waals surface area contributed by atoms with Crippen molar-refractivity contribution in [2.24, 2.45) is 0 Å². The van der Waals surface area contributed by atoms with Crippen molar-refractivity contribution in [3.8, 4) is 33.8 Å². The molecule has 2 N–H and O–H groups in total. The van der Waals surface area contributed by atoms with Crippen LogP contribution in [0.5, 0.6) is 11.5 Å². The molecule has 36 heavy (non-hydrogen) atoms. The maximum atomic E-state index is 13.7. The van der Waals surface area contributed by atoms with E-state index in [0.29, 0.717) is 27.8 Å². The number of fused-ring (bicyclic) bond motifs is 1. The Morgan fingerprint density at radius 3 is 2.25 bits per heavy atom. The van der Waals surface area contributed by atoms with E-state index in [1.807, 2.05) is 42.5 Å². The second-order valence-electron chi connectivity index (χ2n) is 8.41. The molecule has 0 aliphatic rings. The predicted molar refractivity (Wildman–Crippen MR) is 140 cm³/mol. The number of aromatic hydroxyl groups is 1. The maximum absolute atomic E-state index is 13.7. The van der Waals surface area contributed by atoms with Gasteiger partial charge in [-0.1, -0.05) is 72.8 Å². The van der Waals surface area contributed by atoms with Crippen LogP contribution in [-0.4, -0.2) is 27.9 Å². The molecule has 6 nitrogen and oxygen atoms in total. The summed E-state index contributed by atoms with van der Waals surface area (Å²) in [4.78, 5) is 25.3. The van der Waals surface area contributed by atoms with E-state index in [9.17, 15) is 19.8 Å². The molecule has 6 heteroatoms. The van der Waals surface area contributed by atoms with Gasteiger partial charge in [-0.25, -0.2) is 4.79 Å². The van der Waals surface area contributed by atoms with Gasteiger partial charge in [0, 0.05) is 11.5 Å². The fourth-order valence-electron chi connectivity index (χ4n) is 4.46. The number of hydrogen-bond donors (Lipinski definition) is 2. The van der Waals surface area contributed by atoms with Crippen molar-refractivity contribution in [3.63, 3.8) is 0 Å². The van der Waals surface area contributed by atoms with Crippen molar-refractivity contribution in [3.05, 3.63) is 119 Å². The van der Waals surface area contributed by atoms with Crippen LogP contribution in [0.25, 0.3) is 33.2 Å². The van der Waals surface area contributed by atoms with Gasteiger partial charge >= 0.3 is 5.97 Å². The summed E-state index contributed by atoms with van der Waals surface area (Å²) < 4.78 is 7.00. The number of ether oxygens (including phenoxy) is 1. The zero-order chi connectivity index (χ0) is 25.2. The van der Waals surface area contributed by atoms with Crippen molar-refractivity contribution in [2.75, 3.05) is 7.11 Å². The van der Waals surface area contributed by atoms with E-state index in [4.69, 9.17) is 4.74 Å². The minimum Gasteiger partial charge on any atom is -0.506 e. The first kappa shape index (κ1) is 22.9. The number of carboxylic acids is 1. The molecular weight excluding hydrogens is 454 g/mol. The molecule has 0 aliphatic heterocycles. The van der Waals surface area contributed by atoms with Gasteiger partial charge < -0.3 is 19.5 Å². The number of aromatic nitrogens is 1. The minimum atomic E-state index is -0.987. The molecule has 0 fully saturated rings. The Bertz CT molecular complexity index is 1640. The number of methoxy groups -OCH3 is 1. The summed E-state index contributed by atoms with van der Waals surface area (Å²) in [5, 5.41) is 21.1. The lowest BCUT2D eigenvalue weighted by Crippen LogP contribution is -2.23. The van der Waals surface area contributed by atoms with Gasteiger partial charge in [-0.3, -0.25) is 4.79 Å². The topological polar surface area (TPSA) is 88.8 Å². The van der Waals surface area contributed by atoms with E-state index in [1.54, 1.807) is 66.3 Å². The molecule has 178 valence electrons. The zero-order valence-corrected chi connectivity index (χ0v) is 19.5. The summed E-state index contributed by atoms with van der Waals surface area (Å²) in [6.07, 6.45) is 0. The molecule has 5 aromatic rings. The van der Waals surface area contributed by atoms with Crippen LogP contribution in [0.1, 0.15) is 15.9 Å². The van der Waals surface area contributed by atoms with Crippen molar-refractivity contribution < 1.29 is 19.7 Å². The molecule has 0 atom stereocenters. The van der Waals surface area contributed by atoms with Crippen molar-refractivity contribution in [1.82, 2.24) is 4.57 Å². The summed E-state index contributed by atoms with van der Waals surface area (Å²) in [6, 6.07) is 28.6. The van der Waals surface area contributed by atoms with Gasteiger partial charge in [0.1, 0.15) is 11.5 Å². The number of hydrogen-bond acceptors (Lipinski definition) is 4. The molecule has 0 radical (unpaired) electrons. The highest BCUT2D eigenvalue weighted by Gasteiger charge is 2.19. The zero-order valence-electron chi connectivity index (χ0n) is 19.5. The predicted octanol–water partition coefficient (Wildman–Crippen LogP) is 5.80.